The summed E-state index contributed by atoms with van der Waals surface area (Å²) < 4.78 is 5.46. The van der Waals surface area contributed by atoms with Crippen LogP contribution in [0.25, 0.3) is 0 Å². The molecule has 0 amide bonds. The van der Waals surface area contributed by atoms with Gasteiger partial charge in [0.05, 0.1) is 11.6 Å². The second kappa shape index (κ2) is 5.28. The minimum atomic E-state index is 0.324. The van der Waals surface area contributed by atoms with Crippen molar-refractivity contribution in [2.24, 2.45) is 0 Å². The van der Waals surface area contributed by atoms with E-state index in [1.165, 1.54) is 18.4 Å². The highest BCUT2D eigenvalue weighted by molar-refractivity contribution is 6.32. The molecule has 1 aliphatic rings. The van der Waals surface area contributed by atoms with Crippen molar-refractivity contribution >= 4 is 11.6 Å². The summed E-state index contributed by atoms with van der Waals surface area (Å²) in [5.41, 5.74) is 1.66. The number of ether oxygens (including phenoxy) is 1. The minimum absolute atomic E-state index is 0.324. The zero-order valence-electron chi connectivity index (χ0n) is 10.6. The molecule has 2 nitrogen and oxygen atoms in total. The van der Waals surface area contributed by atoms with E-state index in [9.17, 15) is 0 Å². The lowest BCUT2D eigenvalue weighted by atomic mass is 9.96. The third kappa shape index (κ3) is 2.75. The summed E-state index contributed by atoms with van der Waals surface area (Å²) in [7, 11) is 0. The molecule has 1 N–H and O–H groups in total. The Labute approximate surface area is 108 Å². The lowest BCUT2D eigenvalue weighted by Crippen LogP contribution is -2.26. The first-order valence-electron chi connectivity index (χ1n) is 6.35. The molecule has 0 saturated heterocycles. The Hall–Kier alpha value is -0.730. The number of rotatable bonds is 6. The van der Waals surface area contributed by atoms with Crippen molar-refractivity contribution in [2.75, 3.05) is 19.7 Å². The highest BCUT2D eigenvalue weighted by Crippen LogP contribution is 2.48. The summed E-state index contributed by atoms with van der Waals surface area (Å²) >= 11 is 6.23. The maximum atomic E-state index is 6.23. The standard InChI is InChI=1S/C14H20ClNO/c1-3-16-10-14(7-8-14)11-5-6-13(17-4-2)12(15)9-11/h5-6,9,16H,3-4,7-8,10H2,1-2H3. The van der Waals surface area contributed by atoms with Gasteiger partial charge in [-0.3, -0.25) is 0 Å². The van der Waals surface area contributed by atoms with E-state index in [4.69, 9.17) is 16.3 Å². The molecule has 2 rings (SSSR count). The number of hydrogen-bond acceptors (Lipinski definition) is 2. The zero-order valence-corrected chi connectivity index (χ0v) is 11.3. The van der Waals surface area contributed by atoms with Crippen LogP contribution < -0.4 is 10.1 Å². The molecule has 0 radical (unpaired) electrons. The van der Waals surface area contributed by atoms with Gasteiger partial charge in [-0.05, 0) is 44.0 Å². The van der Waals surface area contributed by atoms with Crippen molar-refractivity contribution in [3.05, 3.63) is 28.8 Å². The van der Waals surface area contributed by atoms with Gasteiger partial charge in [0.25, 0.3) is 0 Å². The molecule has 0 heterocycles. The first-order valence-corrected chi connectivity index (χ1v) is 6.73. The summed E-state index contributed by atoms with van der Waals surface area (Å²) in [5, 5.41) is 4.16. The number of hydrogen-bond donors (Lipinski definition) is 1. The van der Waals surface area contributed by atoms with Crippen molar-refractivity contribution < 1.29 is 4.74 Å². The summed E-state index contributed by atoms with van der Waals surface area (Å²) in [6.07, 6.45) is 2.51. The van der Waals surface area contributed by atoms with Crippen LogP contribution in [0.1, 0.15) is 32.3 Å². The van der Waals surface area contributed by atoms with Crippen LogP contribution in [0.3, 0.4) is 0 Å². The third-order valence-corrected chi connectivity index (χ3v) is 3.71. The molecule has 0 unspecified atom stereocenters. The Kier molecular flexibility index (Phi) is 3.95. The van der Waals surface area contributed by atoms with Crippen LogP contribution in [0, 0.1) is 0 Å². The fourth-order valence-electron chi connectivity index (χ4n) is 2.19. The fraction of sp³-hybridized carbons (Fsp3) is 0.571. The molecule has 0 aromatic heterocycles. The average Bonchev–Trinajstić information content (AvgIpc) is 3.10. The van der Waals surface area contributed by atoms with Gasteiger partial charge in [-0.25, -0.2) is 0 Å². The van der Waals surface area contributed by atoms with Gasteiger partial charge in [0.15, 0.2) is 0 Å². The van der Waals surface area contributed by atoms with E-state index in [0.29, 0.717) is 12.0 Å². The highest BCUT2D eigenvalue weighted by Gasteiger charge is 2.43. The molecule has 1 saturated carbocycles. The maximum absolute atomic E-state index is 6.23. The normalized spacial score (nSPS) is 16.9. The molecule has 1 aliphatic carbocycles. The predicted octanol–water partition coefficient (Wildman–Crippen LogP) is 3.38. The summed E-state index contributed by atoms with van der Waals surface area (Å²) in [6.45, 7) is 6.83. The summed E-state index contributed by atoms with van der Waals surface area (Å²) in [4.78, 5) is 0. The van der Waals surface area contributed by atoms with E-state index in [-0.39, 0.29) is 0 Å². The Morgan fingerprint density at radius 1 is 1.35 bits per heavy atom. The van der Waals surface area contributed by atoms with Gasteiger partial charge < -0.3 is 10.1 Å². The Morgan fingerprint density at radius 2 is 2.12 bits per heavy atom. The molecule has 0 bridgehead atoms. The van der Waals surface area contributed by atoms with E-state index in [2.05, 4.69) is 24.4 Å². The van der Waals surface area contributed by atoms with Crippen molar-refractivity contribution in [3.63, 3.8) is 0 Å². The second-order valence-electron chi connectivity index (χ2n) is 4.64. The highest BCUT2D eigenvalue weighted by atomic mass is 35.5. The van der Waals surface area contributed by atoms with Crippen molar-refractivity contribution in [2.45, 2.75) is 32.1 Å². The smallest absolute Gasteiger partial charge is 0.137 e. The predicted molar refractivity (Wildman–Crippen MR) is 72.1 cm³/mol. The van der Waals surface area contributed by atoms with Gasteiger partial charge in [-0.2, -0.15) is 0 Å². The van der Waals surface area contributed by atoms with Gasteiger partial charge >= 0.3 is 0 Å². The van der Waals surface area contributed by atoms with E-state index in [1.807, 2.05) is 13.0 Å². The molecular weight excluding hydrogens is 234 g/mol. The molecule has 0 atom stereocenters. The van der Waals surface area contributed by atoms with Crippen LogP contribution in [0.5, 0.6) is 5.75 Å². The van der Waals surface area contributed by atoms with Gasteiger partial charge in [0.1, 0.15) is 5.75 Å². The molecular formula is C14H20ClNO. The molecule has 1 aromatic rings. The lowest BCUT2D eigenvalue weighted by Gasteiger charge is -2.17. The summed E-state index contributed by atoms with van der Waals surface area (Å²) in [6, 6.07) is 6.21. The number of halogens is 1. The first kappa shape index (κ1) is 12.7. The Balaban J connectivity index is 2.14. The molecule has 17 heavy (non-hydrogen) atoms. The van der Waals surface area contributed by atoms with Crippen molar-refractivity contribution in [3.8, 4) is 5.75 Å². The first-order chi connectivity index (χ1) is 8.22. The van der Waals surface area contributed by atoms with Crippen molar-refractivity contribution in [1.82, 2.24) is 5.32 Å². The van der Waals surface area contributed by atoms with E-state index in [1.54, 1.807) is 0 Å². The number of likely N-dealkylation sites (N-methyl/N-ethyl adjacent to an activating group) is 1. The zero-order chi connectivity index (χ0) is 12.3. The number of nitrogens with one attached hydrogen (secondary N) is 1. The third-order valence-electron chi connectivity index (χ3n) is 3.41. The van der Waals surface area contributed by atoms with E-state index in [0.717, 1.165) is 23.9 Å². The lowest BCUT2D eigenvalue weighted by molar-refractivity contribution is 0.340. The molecule has 1 fully saturated rings. The molecule has 3 heteroatoms. The van der Waals surface area contributed by atoms with E-state index < -0.39 is 0 Å². The molecule has 0 spiro atoms. The molecule has 1 aromatic carbocycles. The van der Waals surface area contributed by atoms with Crippen LogP contribution in [-0.4, -0.2) is 19.7 Å². The average molecular weight is 254 g/mol. The van der Waals surface area contributed by atoms with Gasteiger partial charge in [-0.15, -0.1) is 0 Å². The topological polar surface area (TPSA) is 21.3 Å². The van der Waals surface area contributed by atoms with Crippen molar-refractivity contribution in [1.29, 1.82) is 0 Å². The fourth-order valence-corrected chi connectivity index (χ4v) is 2.42. The van der Waals surface area contributed by atoms with Crippen LogP contribution in [0.2, 0.25) is 5.02 Å². The van der Waals surface area contributed by atoms with Gasteiger partial charge in [0, 0.05) is 12.0 Å². The van der Waals surface area contributed by atoms with Crippen LogP contribution >= 0.6 is 11.6 Å². The van der Waals surface area contributed by atoms with Crippen LogP contribution in [0.4, 0.5) is 0 Å². The minimum Gasteiger partial charge on any atom is -0.492 e. The number of benzene rings is 1. The molecule has 94 valence electrons. The van der Waals surface area contributed by atoms with Crippen LogP contribution in [0.15, 0.2) is 18.2 Å². The quantitative estimate of drug-likeness (QED) is 0.839. The van der Waals surface area contributed by atoms with Crippen LogP contribution in [-0.2, 0) is 5.41 Å². The Morgan fingerprint density at radius 3 is 2.65 bits per heavy atom. The Bertz CT molecular complexity index is 388. The second-order valence-corrected chi connectivity index (χ2v) is 5.05. The summed E-state index contributed by atoms with van der Waals surface area (Å²) in [5.74, 6) is 0.789. The largest absolute Gasteiger partial charge is 0.492 e. The van der Waals surface area contributed by atoms with Gasteiger partial charge in [0.2, 0.25) is 0 Å². The maximum Gasteiger partial charge on any atom is 0.137 e. The molecule has 0 aliphatic heterocycles. The van der Waals surface area contributed by atoms with Gasteiger partial charge in [-0.1, -0.05) is 24.6 Å². The van der Waals surface area contributed by atoms with E-state index >= 15 is 0 Å². The SMILES string of the molecule is CCNCC1(c2ccc(OCC)c(Cl)c2)CC1. The monoisotopic (exact) mass is 253 g/mol.